The molecule has 1 N–H and O–H groups in total. The number of amides is 1. The average molecular weight is 311 g/mol. The van der Waals surface area contributed by atoms with Crippen LogP contribution in [0.1, 0.15) is 24.5 Å². The minimum atomic E-state index is -0.215. The third kappa shape index (κ3) is 3.63. The molecule has 0 aliphatic rings. The van der Waals surface area contributed by atoms with Gasteiger partial charge in [0.2, 0.25) is 11.7 Å². The molecule has 3 aromatic rings. The van der Waals surface area contributed by atoms with E-state index < -0.39 is 0 Å². The van der Waals surface area contributed by atoms with Crippen LogP contribution in [0.25, 0.3) is 11.4 Å². The zero-order valence-electron chi connectivity index (χ0n) is 12.9. The van der Waals surface area contributed by atoms with Crippen molar-refractivity contribution in [3.63, 3.8) is 0 Å². The normalized spacial score (nSPS) is 12.1. The van der Waals surface area contributed by atoms with Crippen LogP contribution in [0.5, 0.6) is 0 Å². The number of aromatic nitrogens is 4. The van der Waals surface area contributed by atoms with Gasteiger partial charge in [0.1, 0.15) is 18.1 Å². The first-order valence-electron chi connectivity index (χ1n) is 7.31. The van der Waals surface area contributed by atoms with Gasteiger partial charge in [0.15, 0.2) is 0 Å². The number of carbonyl (C=O) groups excluding carboxylic acids is 1. The quantitative estimate of drug-likeness (QED) is 0.780. The molecule has 0 saturated carbocycles. The van der Waals surface area contributed by atoms with Crippen LogP contribution in [0, 0.1) is 6.92 Å². The van der Waals surface area contributed by atoms with E-state index in [2.05, 4.69) is 20.7 Å². The number of aryl methyl sites for hydroxylation is 1. The fourth-order valence-corrected chi connectivity index (χ4v) is 2.19. The van der Waals surface area contributed by atoms with Gasteiger partial charge < -0.3 is 9.73 Å². The number of rotatable bonds is 5. The van der Waals surface area contributed by atoms with Gasteiger partial charge in [-0.1, -0.05) is 30.3 Å². The van der Waals surface area contributed by atoms with Gasteiger partial charge in [-0.2, -0.15) is 4.80 Å². The highest BCUT2D eigenvalue weighted by Gasteiger charge is 2.14. The fourth-order valence-electron chi connectivity index (χ4n) is 2.19. The van der Waals surface area contributed by atoms with Gasteiger partial charge in [-0.25, -0.2) is 0 Å². The topological polar surface area (TPSA) is 85.8 Å². The maximum atomic E-state index is 12.1. The Morgan fingerprint density at radius 1 is 1.26 bits per heavy atom. The second kappa shape index (κ2) is 6.43. The molecule has 1 aromatic carbocycles. The van der Waals surface area contributed by atoms with E-state index >= 15 is 0 Å². The molecule has 3 rings (SSSR count). The number of furan rings is 1. The molecule has 0 aliphatic carbocycles. The summed E-state index contributed by atoms with van der Waals surface area (Å²) in [5.74, 6) is 1.82. The Morgan fingerprint density at radius 2 is 2.04 bits per heavy atom. The van der Waals surface area contributed by atoms with E-state index in [9.17, 15) is 4.79 Å². The predicted octanol–water partition coefficient (Wildman–Crippen LogP) is 2.12. The summed E-state index contributed by atoms with van der Waals surface area (Å²) in [4.78, 5) is 13.3. The highest BCUT2D eigenvalue weighted by molar-refractivity contribution is 5.75. The van der Waals surface area contributed by atoms with E-state index in [0.717, 1.165) is 11.3 Å². The van der Waals surface area contributed by atoms with E-state index in [1.165, 1.54) is 4.80 Å². The highest BCUT2D eigenvalue weighted by atomic mass is 16.3. The Hall–Kier alpha value is -2.96. The number of carbonyl (C=O) groups is 1. The van der Waals surface area contributed by atoms with Crippen molar-refractivity contribution in [2.24, 2.45) is 0 Å². The van der Waals surface area contributed by atoms with Gasteiger partial charge in [0.25, 0.3) is 0 Å². The number of hydrogen-bond acceptors (Lipinski definition) is 5. The van der Waals surface area contributed by atoms with Crippen LogP contribution in [0.3, 0.4) is 0 Å². The third-order valence-corrected chi connectivity index (χ3v) is 3.34. The summed E-state index contributed by atoms with van der Waals surface area (Å²) < 4.78 is 5.49. The average Bonchev–Trinajstić information content (AvgIpc) is 3.17. The summed E-state index contributed by atoms with van der Waals surface area (Å²) in [5.41, 5.74) is 0.860. The van der Waals surface area contributed by atoms with E-state index in [1.54, 1.807) is 0 Å². The smallest absolute Gasteiger partial charge is 0.244 e. The lowest BCUT2D eigenvalue weighted by Crippen LogP contribution is -2.30. The standard InChI is InChI=1S/C16H17N5O2/c1-11-8-9-14(23-11)12(2)17-15(22)10-21-19-16(18-20-21)13-6-4-3-5-7-13/h3-9,12H,10H2,1-2H3,(H,17,22). The first-order valence-corrected chi connectivity index (χ1v) is 7.31. The van der Waals surface area contributed by atoms with Crippen molar-refractivity contribution >= 4 is 5.91 Å². The second-order valence-corrected chi connectivity index (χ2v) is 5.25. The van der Waals surface area contributed by atoms with E-state index in [1.807, 2.05) is 56.3 Å². The Morgan fingerprint density at radius 3 is 2.74 bits per heavy atom. The lowest BCUT2D eigenvalue weighted by molar-refractivity contribution is -0.122. The number of benzene rings is 1. The first-order chi connectivity index (χ1) is 11.1. The fraction of sp³-hybridized carbons (Fsp3) is 0.250. The van der Waals surface area contributed by atoms with Gasteiger partial charge in [-0.3, -0.25) is 4.79 Å². The molecule has 0 radical (unpaired) electrons. The van der Waals surface area contributed by atoms with Crippen LogP contribution < -0.4 is 5.32 Å². The lowest BCUT2D eigenvalue weighted by Gasteiger charge is -2.10. The van der Waals surface area contributed by atoms with Crippen LogP contribution in [-0.4, -0.2) is 26.1 Å². The Kier molecular flexibility index (Phi) is 4.18. The molecule has 1 atom stereocenters. The van der Waals surface area contributed by atoms with Crippen molar-refractivity contribution in [3.8, 4) is 11.4 Å². The molecule has 0 aliphatic heterocycles. The van der Waals surface area contributed by atoms with E-state index in [4.69, 9.17) is 4.42 Å². The van der Waals surface area contributed by atoms with Gasteiger partial charge in [-0.05, 0) is 31.2 Å². The minimum absolute atomic E-state index is 0.00383. The van der Waals surface area contributed by atoms with E-state index in [0.29, 0.717) is 11.6 Å². The first kappa shape index (κ1) is 15.0. The molecule has 2 heterocycles. The van der Waals surface area contributed by atoms with Crippen LogP contribution >= 0.6 is 0 Å². The lowest BCUT2D eigenvalue weighted by atomic mass is 10.2. The molecule has 0 spiro atoms. The summed E-state index contributed by atoms with van der Waals surface area (Å²) >= 11 is 0. The monoisotopic (exact) mass is 311 g/mol. The molecular formula is C16H17N5O2. The molecule has 7 nitrogen and oxygen atoms in total. The van der Waals surface area contributed by atoms with Crippen molar-refractivity contribution in [1.29, 1.82) is 0 Å². The molecule has 0 saturated heterocycles. The summed E-state index contributed by atoms with van der Waals surface area (Å²) in [5, 5.41) is 14.9. The molecular weight excluding hydrogens is 294 g/mol. The molecule has 118 valence electrons. The summed E-state index contributed by atoms with van der Waals surface area (Å²) in [7, 11) is 0. The molecule has 0 bridgehead atoms. The van der Waals surface area contributed by atoms with Crippen LogP contribution in [0.4, 0.5) is 0 Å². The second-order valence-electron chi connectivity index (χ2n) is 5.25. The van der Waals surface area contributed by atoms with E-state index in [-0.39, 0.29) is 18.5 Å². The molecule has 1 amide bonds. The molecule has 7 heteroatoms. The van der Waals surface area contributed by atoms with Crippen molar-refractivity contribution in [3.05, 3.63) is 54.0 Å². The van der Waals surface area contributed by atoms with Gasteiger partial charge in [-0.15, -0.1) is 10.2 Å². The van der Waals surface area contributed by atoms with Crippen LogP contribution in [0.15, 0.2) is 46.9 Å². The van der Waals surface area contributed by atoms with Gasteiger partial charge in [0.05, 0.1) is 6.04 Å². The minimum Gasteiger partial charge on any atom is -0.464 e. The van der Waals surface area contributed by atoms with Gasteiger partial charge in [0, 0.05) is 5.56 Å². The Bertz CT molecular complexity index is 794. The van der Waals surface area contributed by atoms with Crippen molar-refractivity contribution in [1.82, 2.24) is 25.5 Å². The Labute approximate surface area is 133 Å². The molecule has 1 unspecified atom stereocenters. The maximum Gasteiger partial charge on any atom is 0.244 e. The number of nitrogens with zero attached hydrogens (tertiary/aromatic N) is 4. The molecule has 0 fully saturated rings. The maximum absolute atomic E-state index is 12.1. The summed E-state index contributed by atoms with van der Waals surface area (Å²) in [6, 6.07) is 13.0. The number of tetrazole rings is 1. The largest absolute Gasteiger partial charge is 0.464 e. The zero-order valence-corrected chi connectivity index (χ0v) is 12.9. The highest BCUT2D eigenvalue weighted by Crippen LogP contribution is 2.15. The van der Waals surface area contributed by atoms with Crippen molar-refractivity contribution < 1.29 is 9.21 Å². The summed E-state index contributed by atoms with van der Waals surface area (Å²) in [6.45, 7) is 3.73. The zero-order chi connectivity index (χ0) is 16.2. The Balaban J connectivity index is 1.61. The van der Waals surface area contributed by atoms with Crippen LogP contribution in [-0.2, 0) is 11.3 Å². The van der Waals surface area contributed by atoms with Gasteiger partial charge >= 0.3 is 0 Å². The summed E-state index contributed by atoms with van der Waals surface area (Å²) in [6.07, 6.45) is 0. The SMILES string of the molecule is Cc1ccc(C(C)NC(=O)Cn2nnc(-c3ccccc3)n2)o1. The van der Waals surface area contributed by atoms with Crippen LogP contribution in [0.2, 0.25) is 0 Å². The number of hydrogen-bond donors (Lipinski definition) is 1. The van der Waals surface area contributed by atoms with Crippen molar-refractivity contribution in [2.75, 3.05) is 0 Å². The molecule has 2 aromatic heterocycles. The third-order valence-electron chi connectivity index (χ3n) is 3.34. The predicted molar refractivity (Wildman–Crippen MR) is 83.3 cm³/mol. The van der Waals surface area contributed by atoms with Crippen molar-refractivity contribution in [2.45, 2.75) is 26.4 Å². The number of nitrogens with one attached hydrogen (secondary N) is 1. The molecule has 23 heavy (non-hydrogen) atoms.